The van der Waals surface area contributed by atoms with Gasteiger partial charge in [-0.05, 0) is 38.7 Å². The van der Waals surface area contributed by atoms with Crippen LogP contribution in [-0.4, -0.2) is 46.8 Å². The molecule has 1 spiro atoms. The van der Waals surface area contributed by atoms with Crippen molar-refractivity contribution < 1.29 is 14.0 Å². The fourth-order valence-electron chi connectivity index (χ4n) is 3.89. The van der Waals surface area contributed by atoms with E-state index in [-0.39, 0.29) is 17.4 Å². The van der Waals surface area contributed by atoms with Crippen LogP contribution in [0.5, 0.6) is 0 Å². The van der Waals surface area contributed by atoms with E-state index >= 15 is 0 Å². The van der Waals surface area contributed by atoms with Gasteiger partial charge in [0.05, 0.1) is 17.4 Å². The molecule has 2 saturated heterocycles. The van der Waals surface area contributed by atoms with Gasteiger partial charge >= 0.3 is 0 Å². The number of likely N-dealkylation sites (tertiary alicyclic amines) is 2. The van der Waals surface area contributed by atoms with Crippen LogP contribution in [0.15, 0.2) is 23.0 Å². The summed E-state index contributed by atoms with van der Waals surface area (Å²) in [5.41, 5.74) is 0.444. The average molecular weight is 290 g/mol. The molecule has 1 aromatic rings. The van der Waals surface area contributed by atoms with Crippen molar-refractivity contribution in [2.45, 2.75) is 44.6 Å². The molecule has 0 aromatic carbocycles. The summed E-state index contributed by atoms with van der Waals surface area (Å²) >= 11 is 0. The molecule has 2 aliphatic rings. The van der Waals surface area contributed by atoms with Gasteiger partial charge in [-0.15, -0.1) is 0 Å². The van der Waals surface area contributed by atoms with Crippen LogP contribution in [0, 0.1) is 0 Å². The Morgan fingerprint density at radius 2 is 2.19 bits per heavy atom. The summed E-state index contributed by atoms with van der Waals surface area (Å²) < 4.78 is 5.01. The molecule has 5 heteroatoms. The van der Waals surface area contributed by atoms with Crippen molar-refractivity contribution in [3.63, 3.8) is 0 Å². The molecule has 0 saturated carbocycles. The number of hydrogen-bond acceptors (Lipinski definition) is 3. The lowest BCUT2D eigenvalue weighted by atomic mass is 9.79. The predicted octanol–water partition coefficient (Wildman–Crippen LogP) is 2.29. The molecule has 3 heterocycles. The highest BCUT2D eigenvalue weighted by Crippen LogP contribution is 2.36. The molecule has 1 aromatic heterocycles. The molecule has 5 nitrogen and oxygen atoms in total. The van der Waals surface area contributed by atoms with Gasteiger partial charge in [0.25, 0.3) is 5.91 Å². The van der Waals surface area contributed by atoms with Crippen molar-refractivity contribution in [1.29, 1.82) is 0 Å². The highest BCUT2D eigenvalue weighted by molar-refractivity contribution is 5.94. The highest BCUT2D eigenvalue weighted by atomic mass is 16.3. The van der Waals surface area contributed by atoms with E-state index in [1.165, 1.54) is 12.5 Å². The number of carbonyl (C=O) groups is 2. The fraction of sp³-hybridized carbons (Fsp3) is 0.625. The second-order valence-electron chi connectivity index (χ2n) is 6.06. The molecular weight excluding hydrogens is 268 g/mol. The SMILES string of the molecule is CCN1C(=O)CCC[C@]12CCCN(C(=O)c1ccoc1)C2. The zero-order valence-electron chi connectivity index (χ0n) is 12.5. The van der Waals surface area contributed by atoms with Crippen molar-refractivity contribution in [3.8, 4) is 0 Å². The van der Waals surface area contributed by atoms with Crippen molar-refractivity contribution in [2.75, 3.05) is 19.6 Å². The van der Waals surface area contributed by atoms with Crippen LogP contribution in [-0.2, 0) is 4.79 Å². The lowest BCUT2D eigenvalue weighted by Crippen LogP contribution is -2.63. The monoisotopic (exact) mass is 290 g/mol. The molecule has 0 aliphatic carbocycles. The maximum atomic E-state index is 12.5. The first-order valence-electron chi connectivity index (χ1n) is 7.78. The lowest BCUT2D eigenvalue weighted by molar-refractivity contribution is -0.144. The molecule has 2 fully saturated rings. The van der Waals surface area contributed by atoms with Crippen molar-refractivity contribution in [3.05, 3.63) is 24.2 Å². The summed E-state index contributed by atoms with van der Waals surface area (Å²) in [6, 6.07) is 1.70. The highest BCUT2D eigenvalue weighted by Gasteiger charge is 2.45. The number of hydrogen-bond donors (Lipinski definition) is 0. The number of rotatable bonds is 2. The number of amides is 2. The molecular formula is C16H22N2O3. The third-order valence-corrected chi connectivity index (χ3v) is 4.83. The summed E-state index contributed by atoms with van der Waals surface area (Å²) in [5, 5.41) is 0. The Hall–Kier alpha value is -1.78. The molecule has 114 valence electrons. The molecule has 2 aliphatic heterocycles. The van der Waals surface area contributed by atoms with Gasteiger partial charge in [-0.1, -0.05) is 0 Å². The summed E-state index contributed by atoms with van der Waals surface area (Å²) in [6.07, 6.45) is 7.55. The maximum Gasteiger partial charge on any atom is 0.257 e. The van der Waals surface area contributed by atoms with Gasteiger partial charge in [0.1, 0.15) is 6.26 Å². The summed E-state index contributed by atoms with van der Waals surface area (Å²) in [7, 11) is 0. The third-order valence-electron chi connectivity index (χ3n) is 4.83. The van der Waals surface area contributed by atoms with Crippen LogP contribution in [0.2, 0.25) is 0 Å². The average Bonchev–Trinajstić information content (AvgIpc) is 3.01. The van der Waals surface area contributed by atoms with Crippen LogP contribution < -0.4 is 0 Å². The minimum atomic E-state index is -0.151. The molecule has 0 N–H and O–H groups in total. The van der Waals surface area contributed by atoms with E-state index in [9.17, 15) is 9.59 Å². The molecule has 0 unspecified atom stereocenters. The van der Waals surface area contributed by atoms with Crippen LogP contribution in [0.1, 0.15) is 49.4 Å². The minimum absolute atomic E-state index is 0.0110. The molecule has 0 bridgehead atoms. The standard InChI is InChI=1S/C16H22N2O3/c1-2-18-14(19)5-3-7-16(18)8-4-9-17(12-16)15(20)13-6-10-21-11-13/h6,10-11H,2-5,7-9,12H2,1H3/t16-/m1/s1. The minimum Gasteiger partial charge on any atom is -0.472 e. The fourth-order valence-corrected chi connectivity index (χ4v) is 3.89. The van der Waals surface area contributed by atoms with Gasteiger partial charge < -0.3 is 14.2 Å². The van der Waals surface area contributed by atoms with Gasteiger partial charge in [-0.2, -0.15) is 0 Å². The normalized spacial score (nSPS) is 26.4. The number of furan rings is 1. The Labute approximate surface area is 124 Å². The number of likely N-dealkylation sites (N-methyl/N-ethyl adjacent to an activating group) is 1. The van der Waals surface area contributed by atoms with Crippen LogP contribution in [0.25, 0.3) is 0 Å². The van der Waals surface area contributed by atoms with Gasteiger partial charge in [0, 0.05) is 26.1 Å². The van der Waals surface area contributed by atoms with Gasteiger partial charge in [-0.3, -0.25) is 9.59 Å². The first-order chi connectivity index (χ1) is 10.2. The van der Waals surface area contributed by atoms with E-state index < -0.39 is 0 Å². The molecule has 2 amide bonds. The summed E-state index contributed by atoms with van der Waals surface area (Å²) in [5.74, 6) is 0.248. The van der Waals surface area contributed by atoms with Crippen molar-refractivity contribution in [2.24, 2.45) is 0 Å². The number of carbonyl (C=O) groups excluding carboxylic acids is 2. The molecule has 0 radical (unpaired) electrons. The first kappa shape index (κ1) is 14.2. The smallest absolute Gasteiger partial charge is 0.257 e. The summed E-state index contributed by atoms with van der Waals surface area (Å²) in [6.45, 7) is 4.17. The Balaban J connectivity index is 1.81. The van der Waals surface area contributed by atoms with E-state index in [0.717, 1.165) is 38.8 Å². The summed E-state index contributed by atoms with van der Waals surface area (Å²) in [4.78, 5) is 28.6. The van der Waals surface area contributed by atoms with E-state index in [1.54, 1.807) is 6.07 Å². The van der Waals surface area contributed by atoms with Crippen LogP contribution in [0.4, 0.5) is 0 Å². The van der Waals surface area contributed by atoms with Crippen molar-refractivity contribution in [1.82, 2.24) is 9.80 Å². The van der Waals surface area contributed by atoms with Gasteiger partial charge in [0.15, 0.2) is 0 Å². The third kappa shape index (κ3) is 2.45. The molecule has 1 atom stereocenters. The van der Waals surface area contributed by atoms with E-state index in [4.69, 9.17) is 4.42 Å². The lowest BCUT2D eigenvalue weighted by Gasteiger charge is -2.51. The quantitative estimate of drug-likeness (QED) is 0.839. The van der Waals surface area contributed by atoms with E-state index in [0.29, 0.717) is 18.5 Å². The number of nitrogens with zero attached hydrogens (tertiary/aromatic N) is 2. The second-order valence-corrected chi connectivity index (χ2v) is 6.06. The second kappa shape index (κ2) is 5.54. The number of piperidine rings is 2. The van der Waals surface area contributed by atoms with E-state index in [1.807, 2.05) is 16.7 Å². The largest absolute Gasteiger partial charge is 0.472 e. The first-order valence-corrected chi connectivity index (χ1v) is 7.78. The maximum absolute atomic E-state index is 12.5. The zero-order valence-corrected chi connectivity index (χ0v) is 12.5. The predicted molar refractivity (Wildman–Crippen MR) is 77.8 cm³/mol. The Bertz CT molecular complexity index is 522. The molecule has 3 rings (SSSR count). The Morgan fingerprint density at radius 1 is 1.38 bits per heavy atom. The van der Waals surface area contributed by atoms with Gasteiger partial charge in [0.2, 0.25) is 5.91 Å². The van der Waals surface area contributed by atoms with E-state index in [2.05, 4.69) is 0 Å². The van der Waals surface area contributed by atoms with Crippen molar-refractivity contribution >= 4 is 11.8 Å². The van der Waals surface area contributed by atoms with Crippen LogP contribution >= 0.6 is 0 Å². The zero-order chi connectivity index (χ0) is 14.9. The van der Waals surface area contributed by atoms with Gasteiger partial charge in [-0.25, -0.2) is 0 Å². The molecule has 21 heavy (non-hydrogen) atoms. The Kier molecular flexibility index (Phi) is 3.74. The van der Waals surface area contributed by atoms with Crippen LogP contribution in [0.3, 0.4) is 0 Å². The Morgan fingerprint density at radius 3 is 2.90 bits per heavy atom. The topological polar surface area (TPSA) is 53.8 Å².